The zero-order valence-electron chi connectivity index (χ0n) is 12.0. The number of benzene rings is 1. The molecule has 0 saturated carbocycles. The maximum absolute atomic E-state index is 10.2. The van der Waals surface area contributed by atoms with Crippen LogP contribution in [-0.4, -0.2) is 62.6 Å². The molecule has 1 N–H and O–H groups in total. The van der Waals surface area contributed by atoms with E-state index in [1.807, 2.05) is 36.2 Å². The minimum absolute atomic E-state index is 0.382. The summed E-state index contributed by atoms with van der Waals surface area (Å²) in [6.45, 7) is 4.58. The van der Waals surface area contributed by atoms with E-state index in [4.69, 9.17) is 11.2 Å². The highest BCUT2D eigenvalue weighted by Gasteiger charge is 2.16. The number of rotatable bonds is 5. The lowest BCUT2D eigenvalue weighted by Gasteiger charge is -2.30. The Morgan fingerprint density at radius 1 is 1.45 bits per heavy atom. The summed E-state index contributed by atoms with van der Waals surface area (Å²) >= 11 is 0. The summed E-state index contributed by atoms with van der Waals surface area (Å²) in [7, 11) is 1.97. The molecule has 1 aromatic rings. The van der Waals surface area contributed by atoms with Crippen LogP contribution >= 0.6 is 0 Å². The van der Waals surface area contributed by atoms with Crippen LogP contribution in [0.15, 0.2) is 24.3 Å². The lowest BCUT2D eigenvalue weighted by molar-refractivity contribution is 0.0162. The van der Waals surface area contributed by atoms with E-state index in [1.54, 1.807) is 0 Å². The molecule has 0 radical (unpaired) electrons. The average Bonchev–Trinajstić information content (AvgIpc) is 2.48. The van der Waals surface area contributed by atoms with Gasteiger partial charge in [0.25, 0.3) is 0 Å². The first kappa shape index (κ1) is 14.9. The zero-order valence-corrected chi connectivity index (χ0v) is 12.0. The molecule has 0 aromatic heterocycles. The van der Waals surface area contributed by atoms with Crippen LogP contribution in [0.1, 0.15) is 5.56 Å². The molecule has 0 aliphatic carbocycles. The largest absolute Gasteiger partial charge is 0.390 e. The molecular formula is C16H22N2O2. The van der Waals surface area contributed by atoms with Crippen LogP contribution in [0.4, 0.5) is 5.69 Å². The van der Waals surface area contributed by atoms with Gasteiger partial charge in [-0.25, -0.2) is 0 Å². The normalized spacial score (nSPS) is 17.4. The van der Waals surface area contributed by atoms with Gasteiger partial charge < -0.3 is 14.7 Å². The lowest BCUT2D eigenvalue weighted by Crippen LogP contribution is -2.44. The van der Waals surface area contributed by atoms with Gasteiger partial charge >= 0.3 is 0 Å². The van der Waals surface area contributed by atoms with Gasteiger partial charge in [0.05, 0.1) is 19.3 Å². The van der Waals surface area contributed by atoms with E-state index in [2.05, 4.69) is 10.8 Å². The lowest BCUT2D eigenvalue weighted by atomic mass is 10.2. The molecule has 1 saturated heterocycles. The second kappa shape index (κ2) is 7.30. The molecule has 1 aliphatic heterocycles. The zero-order chi connectivity index (χ0) is 14.4. The minimum Gasteiger partial charge on any atom is -0.390 e. The van der Waals surface area contributed by atoms with E-state index < -0.39 is 0 Å². The van der Waals surface area contributed by atoms with Gasteiger partial charge in [-0.1, -0.05) is 12.0 Å². The van der Waals surface area contributed by atoms with Crippen LogP contribution in [0.2, 0.25) is 0 Å². The highest BCUT2D eigenvalue weighted by Crippen LogP contribution is 2.14. The van der Waals surface area contributed by atoms with Crippen LogP contribution in [0.5, 0.6) is 0 Å². The van der Waals surface area contributed by atoms with Crippen LogP contribution in [0, 0.1) is 12.3 Å². The highest BCUT2D eigenvalue weighted by molar-refractivity contribution is 5.51. The predicted octanol–water partition coefficient (Wildman–Crippen LogP) is 0.797. The fourth-order valence-corrected chi connectivity index (χ4v) is 2.39. The van der Waals surface area contributed by atoms with Gasteiger partial charge in [0, 0.05) is 44.5 Å². The van der Waals surface area contributed by atoms with Gasteiger partial charge in [-0.2, -0.15) is 0 Å². The van der Waals surface area contributed by atoms with Crippen molar-refractivity contribution in [2.75, 3.05) is 51.3 Å². The Bertz CT molecular complexity index is 464. The first-order valence-corrected chi connectivity index (χ1v) is 6.95. The van der Waals surface area contributed by atoms with Gasteiger partial charge in [0.1, 0.15) is 0 Å². The molecule has 20 heavy (non-hydrogen) atoms. The summed E-state index contributed by atoms with van der Waals surface area (Å²) in [5, 5.41) is 10.2. The first-order valence-electron chi connectivity index (χ1n) is 6.95. The molecule has 2 rings (SSSR count). The molecule has 0 bridgehead atoms. The Morgan fingerprint density at radius 2 is 2.20 bits per heavy atom. The number of ether oxygens (including phenoxy) is 1. The molecule has 108 valence electrons. The number of anilines is 1. The quantitative estimate of drug-likeness (QED) is 0.806. The monoisotopic (exact) mass is 274 g/mol. The summed E-state index contributed by atoms with van der Waals surface area (Å²) in [4.78, 5) is 4.27. The maximum Gasteiger partial charge on any atom is 0.0841 e. The minimum atomic E-state index is -0.382. The van der Waals surface area contributed by atoms with Crippen molar-refractivity contribution in [1.29, 1.82) is 0 Å². The third kappa shape index (κ3) is 4.24. The Labute approximate surface area is 121 Å². The van der Waals surface area contributed by atoms with Crippen LogP contribution in [0.3, 0.4) is 0 Å². The van der Waals surface area contributed by atoms with Crippen molar-refractivity contribution in [3.8, 4) is 12.3 Å². The smallest absolute Gasteiger partial charge is 0.0841 e. The Balaban J connectivity index is 1.86. The molecule has 1 heterocycles. The van der Waals surface area contributed by atoms with Crippen LogP contribution < -0.4 is 4.90 Å². The Morgan fingerprint density at radius 3 is 2.90 bits per heavy atom. The standard InChI is InChI=1S/C16H22N2O2/c1-3-14-5-4-6-15(11-14)17(2)12-16(19)13-18-7-9-20-10-8-18/h1,4-6,11,16,19H,7-10,12-13H2,2H3. The van der Waals surface area contributed by atoms with Gasteiger partial charge in [0.2, 0.25) is 0 Å². The number of hydrogen-bond acceptors (Lipinski definition) is 4. The van der Waals surface area contributed by atoms with E-state index in [0.29, 0.717) is 13.1 Å². The van der Waals surface area contributed by atoms with Crippen molar-refractivity contribution in [2.24, 2.45) is 0 Å². The van der Waals surface area contributed by atoms with E-state index in [-0.39, 0.29) is 6.10 Å². The number of morpholine rings is 1. The van der Waals surface area contributed by atoms with E-state index in [0.717, 1.165) is 37.6 Å². The second-order valence-electron chi connectivity index (χ2n) is 5.14. The van der Waals surface area contributed by atoms with Gasteiger partial charge in [-0.05, 0) is 18.2 Å². The molecule has 1 aromatic carbocycles. The van der Waals surface area contributed by atoms with Crippen molar-refractivity contribution in [3.63, 3.8) is 0 Å². The van der Waals surface area contributed by atoms with Crippen molar-refractivity contribution in [2.45, 2.75) is 6.10 Å². The van der Waals surface area contributed by atoms with E-state index in [1.165, 1.54) is 0 Å². The second-order valence-corrected chi connectivity index (χ2v) is 5.14. The molecule has 1 aliphatic rings. The maximum atomic E-state index is 10.2. The first-order chi connectivity index (χ1) is 9.69. The third-order valence-electron chi connectivity index (χ3n) is 3.51. The molecule has 1 unspecified atom stereocenters. The molecule has 0 spiro atoms. The van der Waals surface area contributed by atoms with Crippen molar-refractivity contribution < 1.29 is 9.84 Å². The average molecular weight is 274 g/mol. The fraction of sp³-hybridized carbons (Fsp3) is 0.500. The topological polar surface area (TPSA) is 35.9 Å². The van der Waals surface area contributed by atoms with Crippen molar-refractivity contribution >= 4 is 5.69 Å². The van der Waals surface area contributed by atoms with Gasteiger partial charge in [-0.3, -0.25) is 4.90 Å². The number of likely N-dealkylation sites (N-methyl/N-ethyl adjacent to an activating group) is 1. The molecular weight excluding hydrogens is 252 g/mol. The third-order valence-corrected chi connectivity index (χ3v) is 3.51. The van der Waals surface area contributed by atoms with Crippen molar-refractivity contribution in [3.05, 3.63) is 29.8 Å². The molecule has 4 nitrogen and oxygen atoms in total. The summed E-state index contributed by atoms with van der Waals surface area (Å²) in [5.41, 5.74) is 1.89. The number of nitrogens with zero attached hydrogens (tertiary/aromatic N) is 2. The predicted molar refractivity (Wildman–Crippen MR) is 80.9 cm³/mol. The molecule has 1 fully saturated rings. The van der Waals surface area contributed by atoms with Crippen LogP contribution in [0.25, 0.3) is 0 Å². The summed E-state index contributed by atoms with van der Waals surface area (Å²) < 4.78 is 5.30. The van der Waals surface area contributed by atoms with Gasteiger partial charge in [0.15, 0.2) is 0 Å². The molecule has 1 atom stereocenters. The SMILES string of the molecule is C#Cc1cccc(N(C)CC(O)CN2CCOCC2)c1. The van der Waals surface area contributed by atoms with E-state index >= 15 is 0 Å². The summed E-state index contributed by atoms with van der Waals surface area (Å²) in [5.74, 6) is 2.63. The number of aliphatic hydroxyl groups excluding tert-OH is 1. The number of β-amino-alcohol motifs (C(OH)–C–C–N with tert-alkyl or cyclic N) is 1. The summed E-state index contributed by atoms with van der Waals surface area (Å²) in [6.07, 6.45) is 5.03. The number of terminal acetylenes is 1. The Hall–Kier alpha value is -1.54. The van der Waals surface area contributed by atoms with Crippen LogP contribution in [-0.2, 0) is 4.74 Å². The molecule has 0 amide bonds. The fourth-order valence-electron chi connectivity index (χ4n) is 2.39. The van der Waals surface area contributed by atoms with Gasteiger partial charge in [-0.15, -0.1) is 6.42 Å². The summed E-state index contributed by atoms with van der Waals surface area (Å²) in [6, 6.07) is 7.81. The van der Waals surface area contributed by atoms with Crippen molar-refractivity contribution in [1.82, 2.24) is 4.90 Å². The number of aliphatic hydroxyl groups is 1. The van der Waals surface area contributed by atoms with E-state index in [9.17, 15) is 5.11 Å². The highest BCUT2D eigenvalue weighted by atomic mass is 16.5. The molecule has 4 heteroatoms. The number of hydrogen-bond donors (Lipinski definition) is 1. The Kier molecular flexibility index (Phi) is 5.42.